The van der Waals surface area contributed by atoms with Gasteiger partial charge >= 0.3 is 0 Å². The summed E-state index contributed by atoms with van der Waals surface area (Å²) in [5, 5.41) is 18.4. The Bertz CT molecular complexity index is 1490. The molecule has 4 rings (SSSR count). The molecular formula is C22H26N6O4S2. The Morgan fingerprint density at radius 1 is 1.15 bits per heavy atom. The molecule has 10 nitrogen and oxygen atoms in total. The van der Waals surface area contributed by atoms with Crippen LogP contribution in [0, 0.1) is 0 Å². The first-order valence-electron chi connectivity index (χ1n) is 11.0. The number of nitrogens with zero attached hydrogens (tertiary/aromatic N) is 4. The van der Waals surface area contributed by atoms with Crippen molar-refractivity contribution in [1.29, 1.82) is 0 Å². The lowest BCUT2D eigenvalue weighted by atomic mass is 10.1. The molecule has 1 amide bonds. The van der Waals surface area contributed by atoms with Gasteiger partial charge in [0.15, 0.2) is 0 Å². The first-order chi connectivity index (χ1) is 16.3. The van der Waals surface area contributed by atoms with E-state index in [1.54, 1.807) is 16.7 Å². The van der Waals surface area contributed by atoms with Crippen LogP contribution in [0.3, 0.4) is 0 Å². The number of fused-ring (bicyclic) bond motifs is 3. The van der Waals surface area contributed by atoms with Crippen molar-refractivity contribution in [2.75, 3.05) is 6.54 Å². The van der Waals surface area contributed by atoms with Crippen molar-refractivity contribution in [3.63, 3.8) is 0 Å². The van der Waals surface area contributed by atoms with Gasteiger partial charge in [-0.2, -0.15) is 0 Å². The van der Waals surface area contributed by atoms with Gasteiger partial charge in [-0.25, -0.2) is 13.6 Å². The summed E-state index contributed by atoms with van der Waals surface area (Å²) in [4.78, 5) is 25.1. The number of nitrogens with one attached hydrogen (secondary N) is 1. The zero-order valence-electron chi connectivity index (χ0n) is 18.7. The molecule has 0 saturated carbocycles. The van der Waals surface area contributed by atoms with Crippen LogP contribution in [0.15, 0.2) is 45.4 Å². The van der Waals surface area contributed by atoms with E-state index in [1.165, 1.54) is 23.5 Å². The number of carbonyl (C=O) groups excluding carboxylic acids is 1. The summed E-state index contributed by atoms with van der Waals surface area (Å²) in [5.41, 5.74) is 1.66. The Morgan fingerprint density at radius 3 is 2.62 bits per heavy atom. The third-order valence-corrected chi connectivity index (χ3v) is 7.34. The Balaban J connectivity index is 1.34. The summed E-state index contributed by atoms with van der Waals surface area (Å²) in [6, 6.07) is 8.19. The minimum atomic E-state index is -3.71. The molecule has 1 aromatic carbocycles. The molecule has 0 bridgehead atoms. The van der Waals surface area contributed by atoms with E-state index in [0.717, 1.165) is 23.3 Å². The number of thiophene rings is 1. The van der Waals surface area contributed by atoms with Crippen LogP contribution in [0.25, 0.3) is 16.0 Å². The van der Waals surface area contributed by atoms with Crippen molar-refractivity contribution in [1.82, 2.24) is 24.5 Å². The predicted octanol–water partition coefficient (Wildman–Crippen LogP) is 1.84. The maximum Gasteiger partial charge on any atom is 0.272 e. The van der Waals surface area contributed by atoms with E-state index in [2.05, 4.69) is 15.5 Å². The second-order valence-electron chi connectivity index (χ2n) is 7.99. The maximum absolute atomic E-state index is 12.8. The summed E-state index contributed by atoms with van der Waals surface area (Å²) in [6.45, 7) is 3.03. The van der Waals surface area contributed by atoms with Crippen molar-refractivity contribution in [3.05, 3.63) is 57.5 Å². The number of hydrogen-bond donors (Lipinski definition) is 2. The summed E-state index contributed by atoms with van der Waals surface area (Å²) in [7, 11) is -3.71. The average molecular weight is 503 g/mol. The van der Waals surface area contributed by atoms with Gasteiger partial charge in [0.1, 0.15) is 10.5 Å². The zero-order valence-corrected chi connectivity index (χ0v) is 20.4. The fraction of sp³-hybridized carbons (Fsp3) is 0.364. The lowest BCUT2D eigenvalue weighted by Gasteiger charge is -2.08. The molecule has 0 aliphatic carbocycles. The van der Waals surface area contributed by atoms with Gasteiger partial charge in [-0.05, 0) is 48.4 Å². The Morgan fingerprint density at radius 2 is 1.91 bits per heavy atom. The number of benzene rings is 1. The fourth-order valence-electron chi connectivity index (χ4n) is 3.86. The number of sulfonamides is 1. The molecule has 34 heavy (non-hydrogen) atoms. The zero-order chi connectivity index (χ0) is 24.3. The van der Waals surface area contributed by atoms with Gasteiger partial charge in [0.25, 0.3) is 5.56 Å². The smallest absolute Gasteiger partial charge is 0.272 e. The van der Waals surface area contributed by atoms with Crippen LogP contribution < -0.4 is 16.0 Å². The molecule has 0 unspecified atom stereocenters. The van der Waals surface area contributed by atoms with Gasteiger partial charge in [-0.3, -0.25) is 18.6 Å². The van der Waals surface area contributed by atoms with Crippen molar-refractivity contribution < 1.29 is 13.2 Å². The van der Waals surface area contributed by atoms with Crippen molar-refractivity contribution >= 4 is 43.3 Å². The van der Waals surface area contributed by atoms with Crippen LogP contribution in [0.5, 0.6) is 0 Å². The quantitative estimate of drug-likeness (QED) is 0.339. The van der Waals surface area contributed by atoms with E-state index >= 15 is 0 Å². The van der Waals surface area contributed by atoms with Crippen molar-refractivity contribution in [2.24, 2.45) is 5.14 Å². The molecule has 0 fully saturated rings. The largest absolute Gasteiger partial charge is 0.356 e. The summed E-state index contributed by atoms with van der Waals surface area (Å²) >= 11 is 1.41. The second kappa shape index (κ2) is 10.0. The highest BCUT2D eigenvalue weighted by Crippen LogP contribution is 2.20. The van der Waals surface area contributed by atoms with Crippen LogP contribution in [-0.4, -0.2) is 40.0 Å². The second-order valence-corrected chi connectivity index (χ2v) is 10.5. The van der Waals surface area contributed by atoms with Crippen molar-refractivity contribution in [2.45, 2.75) is 50.5 Å². The van der Waals surface area contributed by atoms with Gasteiger partial charge in [-0.1, -0.05) is 19.1 Å². The van der Waals surface area contributed by atoms with Gasteiger partial charge < -0.3 is 5.32 Å². The van der Waals surface area contributed by atoms with E-state index < -0.39 is 10.0 Å². The molecule has 0 aliphatic rings. The Labute approximate surface area is 200 Å². The number of primary sulfonamides is 1. The third-order valence-electron chi connectivity index (χ3n) is 5.52. The number of amides is 1. The number of aromatic nitrogens is 4. The van der Waals surface area contributed by atoms with E-state index in [9.17, 15) is 18.0 Å². The summed E-state index contributed by atoms with van der Waals surface area (Å²) < 4.78 is 26.9. The summed E-state index contributed by atoms with van der Waals surface area (Å²) in [5.74, 6) is 1.19. The van der Waals surface area contributed by atoms with Crippen LogP contribution in [0.1, 0.15) is 37.6 Å². The topological polar surface area (TPSA) is 141 Å². The first-order valence-corrected chi connectivity index (χ1v) is 13.4. The SMILES string of the molecule is CCCn1c(=O)c2sccc2n2c(CCCC(=O)NCCc3ccc(S(N)(=O)=O)cc3)nnc12. The van der Waals surface area contributed by atoms with E-state index in [-0.39, 0.29) is 16.4 Å². The highest BCUT2D eigenvalue weighted by atomic mass is 32.2. The Kier molecular flexibility index (Phi) is 7.10. The number of rotatable bonds is 10. The number of nitrogens with two attached hydrogens (primary N) is 1. The number of aryl methyl sites for hydroxylation is 2. The van der Waals surface area contributed by atoms with Crippen molar-refractivity contribution in [3.8, 4) is 0 Å². The van der Waals surface area contributed by atoms with Crippen LogP contribution in [0.2, 0.25) is 0 Å². The number of carbonyl (C=O) groups is 1. The number of hydrogen-bond acceptors (Lipinski definition) is 7. The van der Waals surface area contributed by atoms with E-state index in [1.807, 2.05) is 22.8 Å². The Hall–Kier alpha value is -3.09. The van der Waals surface area contributed by atoms with Gasteiger partial charge in [0.05, 0.1) is 10.4 Å². The molecule has 0 spiro atoms. The molecule has 4 aromatic rings. The first kappa shape index (κ1) is 24.0. The lowest BCUT2D eigenvalue weighted by molar-refractivity contribution is -0.121. The molecule has 12 heteroatoms. The molecule has 0 atom stereocenters. The van der Waals surface area contributed by atoms with Crippen LogP contribution >= 0.6 is 11.3 Å². The van der Waals surface area contributed by atoms with E-state index in [4.69, 9.17) is 5.14 Å². The minimum absolute atomic E-state index is 0.0445. The molecule has 0 saturated heterocycles. The third kappa shape index (κ3) is 5.03. The van der Waals surface area contributed by atoms with Crippen LogP contribution in [0.4, 0.5) is 0 Å². The maximum atomic E-state index is 12.8. The molecule has 3 heterocycles. The average Bonchev–Trinajstić information content (AvgIpc) is 3.44. The van der Waals surface area contributed by atoms with Gasteiger partial charge in [0.2, 0.25) is 21.7 Å². The molecule has 180 valence electrons. The highest BCUT2D eigenvalue weighted by Gasteiger charge is 2.17. The van der Waals surface area contributed by atoms with Gasteiger partial charge in [-0.15, -0.1) is 21.5 Å². The summed E-state index contributed by atoms with van der Waals surface area (Å²) in [6.07, 6.45) is 2.87. The monoisotopic (exact) mass is 502 g/mol. The molecular weight excluding hydrogens is 476 g/mol. The lowest BCUT2D eigenvalue weighted by Crippen LogP contribution is -2.25. The predicted molar refractivity (Wildman–Crippen MR) is 130 cm³/mol. The van der Waals surface area contributed by atoms with Crippen LogP contribution in [-0.2, 0) is 34.2 Å². The highest BCUT2D eigenvalue weighted by molar-refractivity contribution is 7.89. The molecule has 0 aliphatic heterocycles. The molecule has 0 radical (unpaired) electrons. The molecule has 3 aromatic heterocycles. The minimum Gasteiger partial charge on any atom is -0.356 e. The standard InChI is InChI=1S/C22H26N6O4S2/c1-2-13-27-21(30)20-17(11-14-33-20)28-18(25-26-22(27)28)4-3-5-19(29)24-12-10-15-6-8-16(9-7-15)34(23,31)32/h6-9,11,14H,2-5,10,12-13H2,1H3,(H,24,29)(H2,23,31,32). The fourth-order valence-corrected chi connectivity index (χ4v) is 5.19. The van der Waals surface area contributed by atoms with Gasteiger partial charge in [0, 0.05) is 25.9 Å². The van der Waals surface area contributed by atoms with E-state index in [0.29, 0.717) is 49.3 Å². The normalized spacial score (nSPS) is 11.9. The molecule has 3 N–H and O–H groups in total.